The van der Waals surface area contributed by atoms with E-state index in [0.717, 1.165) is 37.3 Å². The molecular weight excluding hydrogens is 337 g/mol. The summed E-state index contributed by atoms with van der Waals surface area (Å²) < 4.78 is 21.5. The third kappa shape index (κ3) is 2.83. The summed E-state index contributed by atoms with van der Waals surface area (Å²) in [6, 6.07) is 3.69. The van der Waals surface area contributed by atoms with Crippen LogP contribution >= 0.6 is 0 Å². The zero-order valence-electron chi connectivity index (χ0n) is 14.1. The Morgan fingerprint density at radius 2 is 2.12 bits per heavy atom. The number of hydrogen-bond donors (Lipinski definition) is 0. The number of anilines is 1. The number of aromatic nitrogens is 6. The van der Waals surface area contributed by atoms with Crippen molar-refractivity contribution in [2.24, 2.45) is 5.92 Å². The van der Waals surface area contributed by atoms with Gasteiger partial charge >= 0.3 is 0 Å². The van der Waals surface area contributed by atoms with Gasteiger partial charge in [0.2, 0.25) is 5.88 Å². The fourth-order valence-electron chi connectivity index (χ4n) is 3.36. The minimum atomic E-state index is -0.388. The summed E-state index contributed by atoms with van der Waals surface area (Å²) in [5, 5.41) is 12.9. The van der Waals surface area contributed by atoms with Crippen LogP contribution in [0.3, 0.4) is 0 Å². The van der Waals surface area contributed by atoms with Crippen LogP contribution in [0.5, 0.6) is 5.88 Å². The molecule has 134 valence electrons. The van der Waals surface area contributed by atoms with Gasteiger partial charge in [0.25, 0.3) is 0 Å². The predicted molar refractivity (Wildman–Crippen MR) is 90.6 cm³/mol. The number of nitrogens with zero attached hydrogens (tertiary/aromatic N) is 7. The number of ether oxygens (including phenoxy) is 1. The van der Waals surface area contributed by atoms with E-state index in [-0.39, 0.29) is 5.82 Å². The molecule has 1 aliphatic carbocycles. The van der Waals surface area contributed by atoms with Gasteiger partial charge in [-0.3, -0.25) is 0 Å². The van der Waals surface area contributed by atoms with Crippen molar-refractivity contribution in [3.8, 4) is 5.88 Å². The molecule has 9 heteroatoms. The molecule has 8 nitrogen and oxygen atoms in total. The summed E-state index contributed by atoms with van der Waals surface area (Å²) in [6.45, 7) is 1.99. The Balaban J connectivity index is 1.25. The van der Waals surface area contributed by atoms with Gasteiger partial charge in [-0.15, -0.1) is 15.3 Å². The molecule has 2 fully saturated rings. The van der Waals surface area contributed by atoms with Gasteiger partial charge in [-0.25, -0.2) is 14.4 Å². The van der Waals surface area contributed by atoms with Crippen LogP contribution < -0.4 is 9.64 Å². The third-order valence-electron chi connectivity index (χ3n) is 4.91. The van der Waals surface area contributed by atoms with Crippen LogP contribution in [0.15, 0.2) is 24.7 Å². The molecule has 5 rings (SSSR count). The number of rotatable bonds is 5. The van der Waals surface area contributed by atoms with Gasteiger partial charge < -0.3 is 9.64 Å². The first-order valence-electron chi connectivity index (χ1n) is 8.83. The van der Waals surface area contributed by atoms with Gasteiger partial charge in [-0.1, -0.05) is 0 Å². The zero-order chi connectivity index (χ0) is 17.5. The maximum absolute atomic E-state index is 13.8. The second kappa shape index (κ2) is 6.15. The molecule has 1 aliphatic heterocycles. The highest BCUT2D eigenvalue weighted by Gasteiger charge is 2.29. The molecule has 3 aromatic heterocycles. The van der Waals surface area contributed by atoms with Crippen molar-refractivity contribution >= 4 is 11.5 Å². The number of halogens is 1. The molecule has 1 unspecified atom stereocenters. The molecule has 0 bridgehead atoms. The Kier molecular flexibility index (Phi) is 3.65. The maximum atomic E-state index is 13.8. The predicted octanol–water partition coefficient (Wildman–Crippen LogP) is 1.84. The smallest absolute Gasteiger partial charge is 0.231 e. The van der Waals surface area contributed by atoms with Gasteiger partial charge in [-0.2, -0.15) is 4.52 Å². The Morgan fingerprint density at radius 1 is 1.19 bits per heavy atom. The highest BCUT2D eigenvalue weighted by atomic mass is 19.1. The van der Waals surface area contributed by atoms with Gasteiger partial charge in [0.05, 0.1) is 12.8 Å². The molecule has 1 saturated carbocycles. The van der Waals surface area contributed by atoms with Crippen LogP contribution in [0, 0.1) is 11.7 Å². The SMILES string of the molecule is Fc1cncnc1N1CCC(COc2ccc3nnc(C4CC4)n3n2)C1. The average molecular weight is 355 g/mol. The first-order chi connectivity index (χ1) is 12.8. The average Bonchev–Trinajstić information content (AvgIpc) is 3.25. The van der Waals surface area contributed by atoms with Gasteiger partial charge in [0.15, 0.2) is 23.1 Å². The fraction of sp³-hybridized carbons (Fsp3) is 0.471. The fourth-order valence-corrected chi connectivity index (χ4v) is 3.36. The molecule has 26 heavy (non-hydrogen) atoms. The quantitative estimate of drug-likeness (QED) is 0.691. The zero-order valence-corrected chi connectivity index (χ0v) is 14.1. The molecule has 1 saturated heterocycles. The summed E-state index contributed by atoms with van der Waals surface area (Å²) in [7, 11) is 0. The number of hydrogen-bond acceptors (Lipinski definition) is 7. The van der Waals surface area contributed by atoms with E-state index in [1.54, 1.807) is 4.52 Å². The lowest BCUT2D eigenvalue weighted by atomic mass is 10.1. The van der Waals surface area contributed by atoms with E-state index in [9.17, 15) is 4.39 Å². The van der Waals surface area contributed by atoms with E-state index in [1.165, 1.54) is 12.5 Å². The minimum absolute atomic E-state index is 0.297. The largest absolute Gasteiger partial charge is 0.476 e. The third-order valence-corrected chi connectivity index (χ3v) is 4.91. The van der Waals surface area contributed by atoms with Crippen LogP contribution in [-0.2, 0) is 0 Å². The van der Waals surface area contributed by atoms with E-state index < -0.39 is 0 Å². The van der Waals surface area contributed by atoms with Crippen LogP contribution in [0.4, 0.5) is 10.2 Å². The molecule has 0 radical (unpaired) electrons. The Morgan fingerprint density at radius 3 is 2.96 bits per heavy atom. The first-order valence-corrected chi connectivity index (χ1v) is 8.83. The molecule has 0 amide bonds. The van der Waals surface area contributed by atoms with Crippen molar-refractivity contribution < 1.29 is 9.13 Å². The Labute approximate surface area is 149 Å². The monoisotopic (exact) mass is 355 g/mol. The van der Waals surface area contributed by atoms with Crippen molar-refractivity contribution in [3.63, 3.8) is 0 Å². The summed E-state index contributed by atoms with van der Waals surface area (Å²) in [4.78, 5) is 9.68. The van der Waals surface area contributed by atoms with E-state index in [0.29, 0.717) is 36.7 Å². The van der Waals surface area contributed by atoms with Crippen molar-refractivity contribution in [1.29, 1.82) is 0 Å². The van der Waals surface area contributed by atoms with E-state index in [1.807, 2.05) is 17.0 Å². The molecule has 2 aliphatic rings. The minimum Gasteiger partial charge on any atom is -0.476 e. The molecule has 3 aromatic rings. The van der Waals surface area contributed by atoms with Gasteiger partial charge in [-0.05, 0) is 25.3 Å². The van der Waals surface area contributed by atoms with Crippen LogP contribution in [0.1, 0.15) is 31.0 Å². The molecular formula is C17H18FN7O. The maximum Gasteiger partial charge on any atom is 0.231 e. The van der Waals surface area contributed by atoms with Crippen molar-refractivity contribution in [2.75, 3.05) is 24.6 Å². The lowest BCUT2D eigenvalue weighted by Gasteiger charge is -2.17. The summed E-state index contributed by atoms with van der Waals surface area (Å²) in [5.41, 5.74) is 0.741. The van der Waals surface area contributed by atoms with Crippen LogP contribution in [0.2, 0.25) is 0 Å². The molecule has 0 spiro atoms. The number of fused-ring (bicyclic) bond motifs is 1. The lowest BCUT2D eigenvalue weighted by molar-refractivity contribution is 0.248. The first kappa shape index (κ1) is 15.4. The van der Waals surface area contributed by atoms with E-state index in [2.05, 4.69) is 25.3 Å². The second-order valence-electron chi connectivity index (χ2n) is 6.88. The van der Waals surface area contributed by atoms with Gasteiger partial charge in [0.1, 0.15) is 6.33 Å². The standard InChI is InChI=1S/C17H18FN7O/c18-13-7-19-10-20-17(13)24-6-5-11(8-24)9-26-15-4-3-14-21-22-16(12-1-2-12)25(14)23-15/h3-4,7,10-12H,1-2,5-6,8-9H2. The van der Waals surface area contributed by atoms with E-state index in [4.69, 9.17) is 4.74 Å². The normalized spacial score (nSPS) is 20.0. The van der Waals surface area contributed by atoms with Crippen molar-refractivity contribution in [3.05, 3.63) is 36.3 Å². The van der Waals surface area contributed by atoms with E-state index >= 15 is 0 Å². The lowest BCUT2D eigenvalue weighted by Crippen LogP contribution is -2.24. The summed E-state index contributed by atoms with van der Waals surface area (Å²) in [6.07, 6.45) is 5.78. The van der Waals surface area contributed by atoms with Crippen molar-refractivity contribution in [2.45, 2.75) is 25.2 Å². The highest BCUT2D eigenvalue weighted by molar-refractivity contribution is 5.40. The molecule has 0 aromatic carbocycles. The topological polar surface area (TPSA) is 81.3 Å². The summed E-state index contributed by atoms with van der Waals surface area (Å²) in [5.74, 6) is 2.22. The molecule has 1 atom stereocenters. The molecule has 0 N–H and O–H groups in total. The highest BCUT2D eigenvalue weighted by Crippen LogP contribution is 2.38. The van der Waals surface area contributed by atoms with Crippen molar-refractivity contribution in [1.82, 2.24) is 29.8 Å². The van der Waals surface area contributed by atoms with Crippen LogP contribution in [-0.4, -0.2) is 49.5 Å². The van der Waals surface area contributed by atoms with Crippen LogP contribution in [0.25, 0.3) is 5.65 Å². The second-order valence-corrected chi connectivity index (χ2v) is 6.88. The molecule has 4 heterocycles. The Bertz CT molecular complexity index is 942. The summed E-state index contributed by atoms with van der Waals surface area (Å²) >= 11 is 0. The Hall–Kier alpha value is -2.84. The van der Waals surface area contributed by atoms with Gasteiger partial charge in [0, 0.05) is 31.0 Å².